The molecule has 0 bridgehead atoms. The van der Waals surface area contributed by atoms with Crippen molar-refractivity contribution in [3.63, 3.8) is 0 Å². The zero-order chi connectivity index (χ0) is 18.8. The van der Waals surface area contributed by atoms with Crippen molar-refractivity contribution in [2.24, 2.45) is 0 Å². The number of fused-ring (bicyclic) bond motifs is 1. The van der Waals surface area contributed by atoms with Gasteiger partial charge in [-0.25, -0.2) is 0 Å². The number of morpholine rings is 1. The summed E-state index contributed by atoms with van der Waals surface area (Å²) in [5.74, 6) is -0.161. The van der Waals surface area contributed by atoms with E-state index in [1.807, 2.05) is 30.3 Å². The highest BCUT2D eigenvalue weighted by Gasteiger charge is 2.30. The molecule has 1 aliphatic heterocycles. The van der Waals surface area contributed by atoms with Crippen LogP contribution in [-0.2, 0) is 9.53 Å². The third kappa shape index (κ3) is 3.33. The molecular weight excluding hydrogens is 344 g/mol. The normalized spacial score (nSPS) is 18.4. The van der Waals surface area contributed by atoms with E-state index in [0.717, 1.165) is 10.2 Å². The van der Waals surface area contributed by atoms with Gasteiger partial charge < -0.3 is 9.64 Å². The number of benzene rings is 2. The number of ether oxygens (including phenoxy) is 1. The molecule has 3 aromatic rings. The summed E-state index contributed by atoms with van der Waals surface area (Å²) in [4.78, 5) is 27.4. The number of nitrogens with zero attached hydrogens (tertiary/aromatic N) is 4. The standard InChI is InChI=1S/C20H20N4O3/c1-14(24-20(26)16-9-5-6-10-17(16)21-22-24)19(25)23-11-12-27-18(13-23)15-7-3-2-4-8-15/h2-10,14,18H,11-13H2,1H3. The summed E-state index contributed by atoms with van der Waals surface area (Å²) in [6.45, 7) is 3.07. The van der Waals surface area contributed by atoms with Crippen molar-refractivity contribution in [1.82, 2.24) is 19.9 Å². The summed E-state index contributed by atoms with van der Waals surface area (Å²) < 4.78 is 6.99. The molecule has 2 heterocycles. The van der Waals surface area contributed by atoms with Crippen LogP contribution < -0.4 is 5.56 Å². The Morgan fingerprint density at radius 1 is 1.15 bits per heavy atom. The highest BCUT2D eigenvalue weighted by Crippen LogP contribution is 2.23. The van der Waals surface area contributed by atoms with Gasteiger partial charge >= 0.3 is 0 Å². The van der Waals surface area contributed by atoms with Crippen LogP contribution in [0.5, 0.6) is 0 Å². The molecular formula is C20H20N4O3. The molecule has 0 spiro atoms. The van der Waals surface area contributed by atoms with Gasteiger partial charge in [0.1, 0.15) is 17.7 Å². The lowest BCUT2D eigenvalue weighted by molar-refractivity contribution is -0.142. The Bertz CT molecular complexity index is 1020. The van der Waals surface area contributed by atoms with Crippen molar-refractivity contribution >= 4 is 16.8 Å². The molecule has 0 radical (unpaired) electrons. The molecule has 7 heteroatoms. The third-order valence-electron chi connectivity index (χ3n) is 4.87. The van der Waals surface area contributed by atoms with Crippen molar-refractivity contribution in [3.8, 4) is 0 Å². The van der Waals surface area contributed by atoms with E-state index in [1.165, 1.54) is 0 Å². The summed E-state index contributed by atoms with van der Waals surface area (Å²) in [7, 11) is 0. The van der Waals surface area contributed by atoms with Crippen LogP contribution >= 0.6 is 0 Å². The van der Waals surface area contributed by atoms with Gasteiger partial charge in [-0.3, -0.25) is 9.59 Å². The van der Waals surface area contributed by atoms with Crippen molar-refractivity contribution in [2.75, 3.05) is 19.7 Å². The number of carbonyl (C=O) groups is 1. The fourth-order valence-electron chi connectivity index (χ4n) is 3.34. The Kier molecular flexibility index (Phi) is 4.68. The molecule has 2 aromatic carbocycles. The molecule has 1 aromatic heterocycles. The molecule has 0 N–H and O–H groups in total. The summed E-state index contributed by atoms with van der Waals surface area (Å²) in [6.07, 6.45) is -0.171. The molecule has 138 valence electrons. The summed E-state index contributed by atoms with van der Waals surface area (Å²) in [5, 5.41) is 8.50. The Hall–Kier alpha value is -3.06. The van der Waals surface area contributed by atoms with Gasteiger partial charge in [0.2, 0.25) is 5.91 Å². The molecule has 1 amide bonds. The minimum Gasteiger partial charge on any atom is -0.370 e. The minimum atomic E-state index is -0.732. The van der Waals surface area contributed by atoms with Crippen LogP contribution in [0.2, 0.25) is 0 Å². The molecule has 1 fully saturated rings. The van der Waals surface area contributed by atoms with E-state index in [0.29, 0.717) is 30.6 Å². The zero-order valence-corrected chi connectivity index (χ0v) is 15.0. The first-order chi connectivity index (χ1) is 13.1. The number of aromatic nitrogens is 3. The second-order valence-electron chi connectivity index (χ2n) is 6.59. The van der Waals surface area contributed by atoms with Gasteiger partial charge in [0, 0.05) is 6.54 Å². The number of hydrogen-bond donors (Lipinski definition) is 0. The number of rotatable bonds is 3. The largest absolute Gasteiger partial charge is 0.370 e. The monoisotopic (exact) mass is 364 g/mol. The first-order valence-corrected chi connectivity index (χ1v) is 8.95. The fraction of sp³-hybridized carbons (Fsp3) is 0.300. The molecule has 4 rings (SSSR count). The minimum absolute atomic E-state index is 0.161. The lowest BCUT2D eigenvalue weighted by Gasteiger charge is -2.34. The van der Waals surface area contributed by atoms with Crippen LogP contribution in [0.1, 0.15) is 24.6 Å². The van der Waals surface area contributed by atoms with Crippen LogP contribution in [0.25, 0.3) is 10.9 Å². The zero-order valence-electron chi connectivity index (χ0n) is 15.0. The molecule has 27 heavy (non-hydrogen) atoms. The topological polar surface area (TPSA) is 77.3 Å². The van der Waals surface area contributed by atoms with Crippen molar-refractivity contribution in [3.05, 3.63) is 70.5 Å². The van der Waals surface area contributed by atoms with Crippen molar-refractivity contribution < 1.29 is 9.53 Å². The number of carbonyl (C=O) groups excluding carboxylic acids is 1. The maximum Gasteiger partial charge on any atom is 0.278 e. The van der Waals surface area contributed by atoms with Crippen LogP contribution in [-0.4, -0.2) is 45.5 Å². The first kappa shape index (κ1) is 17.4. The molecule has 7 nitrogen and oxygen atoms in total. The summed E-state index contributed by atoms with van der Waals surface area (Å²) in [6, 6.07) is 16.1. The van der Waals surface area contributed by atoms with Gasteiger partial charge in [0.25, 0.3) is 5.56 Å². The molecule has 2 unspecified atom stereocenters. The quantitative estimate of drug-likeness (QED) is 0.710. The van der Waals surface area contributed by atoms with E-state index in [2.05, 4.69) is 10.3 Å². The maximum absolute atomic E-state index is 13.0. The average Bonchev–Trinajstić information content (AvgIpc) is 2.74. The molecule has 1 aliphatic rings. The Morgan fingerprint density at radius 2 is 1.89 bits per heavy atom. The van der Waals surface area contributed by atoms with Crippen LogP contribution in [0.3, 0.4) is 0 Å². The van der Waals surface area contributed by atoms with Gasteiger partial charge in [0.15, 0.2) is 0 Å². The molecule has 1 saturated heterocycles. The second-order valence-corrected chi connectivity index (χ2v) is 6.59. The second kappa shape index (κ2) is 7.28. The third-order valence-corrected chi connectivity index (χ3v) is 4.87. The van der Waals surface area contributed by atoms with E-state index >= 15 is 0 Å². The number of hydrogen-bond acceptors (Lipinski definition) is 5. The molecule has 0 aliphatic carbocycles. The fourth-order valence-corrected chi connectivity index (χ4v) is 3.34. The maximum atomic E-state index is 13.0. The highest BCUT2D eigenvalue weighted by atomic mass is 16.5. The Morgan fingerprint density at radius 3 is 2.70 bits per heavy atom. The van der Waals surface area contributed by atoms with E-state index in [1.54, 1.807) is 36.1 Å². The van der Waals surface area contributed by atoms with Crippen molar-refractivity contribution in [2.45, 2.75) is 19.1 Å². The average molecular weight is 364 g/mol. The summed E-state index contributed by atoms with van der Waals surface area (Å²) in [5.41, 5.74) is 1.24. The van der Waals surface area contributed by atoms with Crippen LogP contribution in [0.4, 0.5) is 0 Å². The van der Waals surface area contributed by atoms with Gasteiger partial charge in [-0.2, -0.15) is 4.68 Å². The predicted molar refractivity (Wildman–Crippen MR) is 100 cm³/mol. The Balaban J connectivity index is 1.57. The smallest absolute Gasteiger partial charge is 0.278 e. The van der Waals surface area contributed by atoms with Crippen LogP contribution in [0, 0.1) is 0 Å². The predicted octanol–water partition coefficient (Wildman–Crippen LogP) is 1.95. The van der Waals surface area contributed by atoms with Gasteiger partial charge in [-0.1, -0.05) is 47.7 Å². The van der Waals surface area contributed by atoms with E-state index < -0.39 is 6.04 Å². The Labute approximate surface area is 156 Å². The van der Waals surface area contributed by atoms with Gasteiger partial charge in [0.05, 0.1) is 18.5 Å². The lowest BCUT2D eigenvalue weighted by atomic mass is 10.1. The summed E-state index contributed by atoms with van der Waals surface area (Å²) >= 11 is 0. The van der Waals surface area contributed by atoms with E-state index in [9.17, 15) is 9.59 Å². The van der Waals surface area contributed by atoms with E-state index in [4.69, 9.17) is 4.74 Å². The first-order valence-electron chi connectivity index (χ1n) is 8.95. The lowest BCUT2D eigenvalue weighted by Crippen LogP contribution is -2.46. The van der Waals surface area contributed by atoms with Gasteiger partial charge in [-0.05, 0) is 24.6 Å². The molecule has 0 saturated carbocycles. The highest BCUT2D eigenvalue weighted by molar-refractivity contribution is 5.81. The SMILES string of the molecule is CC(C(=O)N1CCOC(c2ccccc2)C1)n1nnc2ccccc2c1=O. The van der Waals surface area contributed by atoms with Gasteiger partial charge in [-0.15, -0.1) is 5.10 Å². The van der Waals surface area contributed by atoms with Crippen LogP contribution in [0.15, 0.2) is 59.4 Å². The van der Waals surface area contributed by atoms with E-state index in [-0.39, 0.29) is 17.6 Å². The number of amides is 1. The molecule has 2 atom stereocenters. The van der Waals surface area contributed by atoms with Crippen molar-refractivity contribution in [1.29, 1.82) is 0 Å².